The van der Waals surface area contributed by atoms with Gasteiger partial charge in [0.05, 0.1) is 0 Å². The lowest BCUT2D eigenvalue weighted by Crippen LogP contribution is -2.52. The first kappa shape index (κ1) is 17.0. The third-order valence-corrected chi connectivity index (χ3v) is 5.94. The van der Waals surface area contributed by atoms with E-state index in [1.165, 1.54) is 12.8 Å². The van der Waals surface area contributed by atoms with E-state index in [1.54, 1.807) is 0 Å². The van der Waals surface area contributed by atoms with Gasteiger partial charge in [0, 0.05) is 17.3 Å². The highest BCUT2D eigenvalue weighted by atomic mass is 79.9. The Balaban J connectivity index is 2.54. The molecule has 0 aromatic heterocycles. The van der Waals surface area contributed by atoms with Crippen molar-refractivity contribution >= 4 is 21.8 Å². The van der Waals surface area contributed by atoms with Crippen molar-refractivity contribution in [2.45, 2.75) is 72.3 Å². The summed E-state index contributed by atoms with van der Waals surface area (Å²) in [6.07, 6.45) is 5.29. The Morgan fingerprint density at radius 2 is 1.89 bits per heavy atom. The molecule has 2 nitrogen and oxygen atoms in total. The highest BCUT2D eigenvalue weighted by Gasteiger charge is 2.35. The molecule has 0 aromatic carbocycles. The minimum atomic E-state index is 0.00119. The van der Waals surface area contributed by atoms with Crippen LogP contribution in [0.15, 0.2) is 0 Å². The molecule has 1 saturated carbocycles. The third-order valence-electron chi connectivity index (χ3n) is 4.86. The topological polar surface area (TPSA) is 29.1 Å². The molecule has 1 fully saturated rings. The van der Waals surface area contributed by atoms with Crippen LogP contribution in [-0.4, -0.2) is 16.8 Å². The smallest absolute Gasteiger partial charge is 0.220 e. The number of amides is 1. The molecule has 0 bridgehead atoms. The van der Waals surface area contributed by atoms with Gasteiger partial charge in [0.2, 0.25) is 5.91 Å². The molecule has 1 amide bonds. The molecule has 0 saturated heterocycles. The van der Waals surface area contributed by atoms with Crippen LogP contribution < -0.4 is 5.32 Å². The second kappa shape index (κ2) is 6.60. The number of halogens is 1. The first-order valence-electron chi connectivity index (χ1n) is 7.55. The molecular formula is C16H30BrNO. The molecule has 19 heavy (non-hydrogen) atoms. The summed E-state index contributed by atoms with van der Waals surface area (Å²) in [6, 6.07) is 0. The van der Waals surface area contributed by atoms with Crippen molar-refractivity contribution < 1.29 is 4.79 Å². The summed E-state index contributed by atoms with van der Waals surface area (Å²) in [6.45, 7) is 11.1. The van der Waals surface area contributed by atoms with Gasteiger partial charge in [-0.2, -0.15) is 0 Å². The first-order valence-corrected chi connectivity index (χ1v) is 8.68. The van der Waals surface area contributed by atoms with Gasteiger partial charge in [0.25, 0.3) is 0 Å². The van der Waals surface area contributed by atoms with Crippen molar-refractivity contribution in [3.8, 4) is 0 Å². The summed E-state index contributed by atoms with van der Waals surface area (Å²) in [5, 5.41) is 4.20. The van der Waals surface area contributed by atoms with Gasteiger partial charge in [-0.3, -0.25) is 4.79 Å². The minimum Gasteiger partial charge on any atom is -0.350 e. The number of hydrogen-bond donors (Lipinski definition) is 1. The van der Waals surface area contributed by atoms with E-state index in [0.29, 0.717) is 12.3 Å². The normalized spacial score (nSPS) is 29.9. The summed E-state index contributed by atoms with van der Waals surface area (Å²) in [5.41, 5.74) is 0.196. The fourth-order valence-electron chi connectivity index (χ4n) is 2.54. The Bertz CT molecular complexity index is 300. The van der Waals surface area contributed by atoms with Crippen LogP contribution in [0.1, 0.15) is 66.7 Å². The van der Waals surface area contributed by atoms with Gasteiger partial charge in [0.15, 0.2) is 0 Å². The van der Waals surface area contributed by atoms with Crippen molar-refractivity contribution in [1.29, 1.82) is 0 Å². The summed E-state index contributed by atoms with van der Waals surface area (Å²) < 4.78 is 0. The fraction of sp³-hybridized carbons (Fsp3) is 0.938. The molecule has 1 atom stereocenters. The van der Waals surface area contributed by atoms with Crippen LogP contribution in [0.4, 0.5) is 0 Å². The Hall–Kier alpha value is -0.0500. The van der Waals surface area contributed by atoms with E-state index in [0.717, 1.165) is 24.1 Å². The molecule has 1 rings (SSSR count). The number of alkyl halides is 1. The summed E-state index contributed by atoms with van der Waals surface area (Å²) in [5.74, 6) is 1.43. The van der Waals surface area contributed by atoms with Gasteiger partial charge in [0.1, 0.15) is 0 Å². The molecule has 1 N–H and O–H groups in total. The molecular weight excluding hydrogens is 302 g/mol. The summed E-state index contributed by atoms with van der Waals surface area (Å²) in [4.78, 5) is 12.3. The van der Waals surface area contributed by atoms with E-state index in [-0.39, 0.29) is 16.9 Å². The maximum absolute atomic E-state index is 12.3. The van der Waals surface area contributed by atoms with Gasteiger partial charge < -0.3 is 5.32 Å². The minimum absolute atomic E-state index is 0.00119. The van der Waals surface area contributed by atoms with Crippen molar-refractivity contribution in [3.63, 3.8) is 0 Å². The van der Waals surface area contributed by atoms with Crippen LogP contribution in [-0.2, 0) is 4.79 Å². The molecule has 0 radical (unpaired) electrons. The van der Waals surface area contributed by atoms with Crippen molar-refractivity contribution in [2.24, 2.45) is 17.3 Å². The number of nitrogens with one attached hydrogen (secondary N) is 1. The van der Waals surface area contributed by atoms with Crippen LogP contribution in [0.25, 0.3) is 0 Å². The third kappa shape index (κ3) is 5.09. The lowest BCUT2D eigenvalue weighted by Gasteiger charge is -2.39. The molecule has 0 heterocycles. The van der Waals surface area contributed by atoms with Gasteiger partial charge in [-0.1, -0.05) is 50.5 Å². The van der Waals surface area contributed by atoms with Gasteiger partial charge in [-0.15, -0.1) is 0 Å². The number of carbonyl (C=O) groups is 1. The van der Waals surface area contributed by atoms with Gasteiger partial charge >= 0.3 is 0 Å². The first-order chi connectivity index (χ1) is 8.68. The largest absolute Gasteiger partial charge is 0.350 e. The van der Waals surface area contributed by atoms with E-state index in [9.17, 15) is 4.79 Å². The van der Waals surface area contributed by atoms with E-state index >= 15 is 0 Å². The van der Waals surface area contributed by atoms with Gasteiger partial charge in [-0.05, 0) is 42.9 Å². The average Bonchev–Trinajstić information content (AvgIpc) is 2.31. The monoisotopic (exact) mass is 331 g/mol. The highest BCUT2D eigenvalue weighted by Crippen LogP contribution is 2.34. The van der Waals surface area contributed by atoms with E-state index < -0.39 is 0 Å². The quantitative estimate of drug-likeness (QED) is 0.754. The number of rotatable bonds is 4. The Morgan fingerprint density at radius 1 is 1.37 bits per heavy atom. The lowest BCUT2D eigenvalue weighted by atomic mass is 9.77. The maximum Gasteiger partial charge on any atom is 0.220 e. The molecule has 0 aromatic rings. The van der Waals surface area contributed by atoms with Crippen molar-refractivity contribution in [3.05, 3.63) is 0 Å². The standard InChI is InChI=1S/C16H30BrNO/c1-12-6-8-16(11-17,9-7-12)18-14(19)10-13(2)15(3,4)5/h12-13H,6-11H2,1-5H3,(H,18,19). The number of carbonyl (C=O) groups excluding carboxylic acids is 1. The second-order valence-electron chi connectivity index (χ2n) is 7.62. The highest BCUT2D eigenvalue weighted by molar-refractivity contribution is 9.09. The molecule has 1 aliphatic carbocycles. The zero-order valence-corrected chi connectivity index (χ0v) is 14.8. The Kier molecular flexibility index (Phi) is 5.91. The Morgan fingerprint density at radius 3 is 2.32 bits per heavy atom. The van der Waals surface area contributed by atoms with Crippen LogP contribution in [0, 0.1) is 17.3 Å². The van der Waals surface area contributed by atoms with Crippen LogP contribution >= 0.6 is 15.9 Å². The van der Waals surface area contributed by atoms with Gasteiger partial charge in [-0.25, -0.2) is 0 Å². The van der Waals surface area contributed by atoms with Crippen LogP contribution in [0.3, 0.4) is 0 Å². The molecule has 3 heteroatoms. The molecule has 0 aliphatic heterocycles. The van der Waals surface area contributed by atoms with Crippen molar-refractivity contribution in [2.75, 3.05) is 5.33 Å². The predicted molar refractivity (Wildman–Crippen MR) is 85.5 cm³/mol. The predicted octanol–water partition coefficient (Wildman–Crippen LogP) is 4.52. The molecule has 0 spiro atoms. The fourth-order valence-corrected chi connectivity index (χ4v) is 3.24. The average molecular weight is 332 g/mol. The molecule has 1 aliphatic rings. The van der Waals surface area contributed by atoms with Crippen molar-refractivity contribution in [1.82, 2.24) is 5.32 Å². The molecule has 1 unspecified atom stereocenters. The van der Waals surface area contributed by atoms with Crippen LogP contribution in [0.5, 0.6) is 0 Å². The summed E-state index contributed by atoms with van der Waals surface area (Å²) >= 11 is 3.61. The Labute approximate surface area is 127 Å². The maximum atomic E-state index is 12.3. The second-order valence-corrected chi connectivity index (χ2v) is 8.18. The zero-order chi connectivity index (χ0) is 14.7. The SMILES string of the molecule is CC1CCC(CBr)(NC(=O)CC(C)C(C)(C)C)CC1. The number of hydrogen-bond acceptors (Lipinski definition) is 1. The van der Waals surface area contributed by atoms with E-state index in [2.05, 4.69) is 55.9 Å². The van der Waals surface area contributed by atoms with Crippen LogP contribution in [0.2, 0.25) is 0 Å². The molecule has 112 valence electrons. The summed E-state index contributed by atoms with van der Waals surface area (Å²) in [7, 11) is 0. The van der Waals surface area contributed by atoms with E-state index in [4.69, 9.17) is 0 Å². The lowest BCUT2D eigenvalue weighted by molar-refractivity contribution is -0.124. The van der Waals surface area contributed by atoms with E-state index in [1.807, 2.05) is 0 Å². The zero-order valence-electron chi connectivity index (χ0n) is 13.2.